The van der Waals surface area contributed by atoms with Crippen LogP contribution in [0.2, 0.25) is 0 Å². The zero-order chi connectivity index (χ0) is 13.0. The summed E-state index contributed by atoms with van der Waals surface area (Å²) in [6.45, 7) is 4.40. The minimum Gasteiger partial charge on any atom is -0.392 e. The molecule has 1 aromatic carbocycles. The highest BCUT2D eigenvalue weighted by atomic mass is 16.3. The fraction of sp³-hybridized carbons (Fsp3) is 0.533. The summed E-state index contributed by atoms with van der Waals surface area (Å²) in [5, 5.41) is 9.62. The summed E-state index contributed by atoms with van der Waals surface area (Å²) in [6, 6.07) is 9.44. The number of ketones is 1. The minimum absolute atomic E-state index is 0.0160. The van der Waals surface area contributed by atoms with E-state index in [1.165, 1.54) is 0 Å². The topological polar surface area (TPSA) is 40.5 Å². The molecule has 2 atom stereocenters. The SMILES string of the molecule is CC(CN1CCCC(O)C1)C(=O)c1ccccc1. The number of piperidine rings is 1. The normalized spacial score (nSPS) is 22.7. The van der Waals surface area contributed by atoms with Crippen molar-refractivity contribution >= 4 is 5.78 Å². The summed E-state index contributed by atoms with van der Waals surface area (Å²) in [6.07, 6.45) is 1.68. The Balaban J connectivity index is 1.91. The number of hydrogen-bond acceptors (Lipinski definition) is 3. The summed E-state index contributed by atoms with van der Waals surface area (Å²) >= 11 is 0. The highest BCUT2D eigenvalue weighted by Crippen LogP contribution is 2.14. The van der Waals surface area contributed by atoms with Crippen LogP contribution >= 0.6 is 0 Å². The molecule has 1 aliphatic heterocycles. The van der Waals surface area contributed by atoms with Gasteiger partial charge in [-0.15, -0.1) is 0 Å². The standard InChI is InChI=1S/C15H21NO2/c1-12(10-16-9-5-8-14(17)11-16)15(18)13-6-3-2-4-7-13/h2-4,6-7,12,14,17H,5,8-11H2,1H3. The summed E-state index contributed by atoms with van der Waals surface area (Å²) in [5.74, 6) is 0.174. The fourth-order valence-electron chi connectivity index (χ4n) is 2.55. The molecule has 0 aliphatic carbocycles. The van der Waals surface area contributed by atoms with Crippen LogP contribution in [0.4, 0.5) is 0 Å². The van der Waals surface area contributed by atoms with Gasteiger partial charge in [0.05, 0.1) is 6.10 Å². The van der Waals surface area contributed by atoms with Crippen LogP contribution in [0.25, 0.3) is 0 Å². The maximum absolute atomic E-state index is 12.2. The predicted octanol–water partition coefficient (Wildman–Crippen LogP) is 1.96. The molecule has 18 heavy (non-hydrogen) atoms. The number of hydrogen-bond donors (Lipinski definition) is 1. The van der Waals surface area contributed by atoms with Crippen LogP contribution in [0, 0.1) is 5.92 Å². The monoisotopic (exact) mass is 247 g/mol. The quantitative estimate of drug-likeness (QED) is 0.827. The predicted molar refractivity (Wildman–Crippen MR) is 71.6 cm³/mol. The first-order chi connectivity index (χ1) is 8.66. The molecule has 1 N–H and O–H groups in total. The van der Waals surface area contributed by atoms with E-state index in [9.17, 15) is 9.90 Å². The van der Waals surface area contributed by atoms with E-state index in [1.54, 1.807) is 0 Å². The molecular weight excluding hydrogens is 226 g/mol. The Kier molecular flexibility index (Phi) is 4.50. The molecule has 1 aromatic rings. The molecule has 0 saturated carbocycles. The van der Waals surface area contributed by atoms with Gasteiger partial charge in [-0.1, -0.05) is 37.3 Å². The Morgan fingerprint density at radius 3 is 2.83 bits per heavy atom. The Labute approximate surface area is 108 Å². The van der Waals surface area contributed by atoms with E-state index in [1.807, 2.05) is 37.3 Å². The third-order valence-corrected chi connectivity index (χ3v) is 3.52. The van der Waals surface area contributed by atoms with Crippen LogP contribution in [0.3, 0.4) is 0 Å². The smallest absolute Gasteiger partial charge is 0.166 e. The van der Waals surface area contributed by atoms with E-state index in [2.05, 4.69) is 4.90 Å². The lowest BCUT2D eigenvalue weighted by Crippen LogP contribution is -2.41. The van der Waals surface area contributed by atoms with E-state index in [-0.39, 0.29) is 17.8 Å². The lowest BCUT2D eigenvalue weighted by molar-refractivity contribution is 0.0589. The van der Waals surface area contributed by atoms with Crippen molar-refractivity contribution in [2.75, 3.05) is 19.6 Å². The summed E-state index contributed by atoms with van der Waals surface area (Å²) in [7, 11) is 0. The highest BCUT2D eigenvalue weighted by Gasteiger charge is 2.22. The van der Waals surface area contributed by atoms with Crippen molar-refractivity contribution in [3.8, 4) is 0 Å². The van der Waals surface area contributed by atoms with Gasteiger partial charge < -0.3 is 10.0 Å². The van der Waals surface area contributed by atoms with Gasteiger partial charge in [-0.3, -0.25) is 4.79 Å². The molecule has 0 aromatic heterocycles. The molecule has 1 saturated heterocycles. The lowest BCUT2D eigenvalue weighted by Gasteiger charge is -2.31. The first-order valence-corrected chi connectivity index (χ1v) is 6.66. The number of likely N-dealkylation sites (tertiary alicyclic amines) is 1. The fourth-order valence-corrected chi connectivity index (χ4v) is 2.55. The third kappa shape index (κ3) is 3.40. The van der Waals surface area contributed by atoms with E-state index >= 15 is 0 Å². The zero-order valence-corrected chi connectivity index (χ0v) is 10.9. The number of Topliss-reactive ketones (excluding diaryl/α,β-unsaturated/α-hetero) is 1. The minimum atomic E-state index is -0.224. The van der Waals surface area contributed by atoms with Crippen LogP contribution in [-0.4, -0.2) is 41.5 Å². The molecule has 0 spiro atoms. The Bertz CT molecular complexity index is 391. The number of benzene rings is 1. The van der Waals surface area contributed by atoms with Crippen LogP contribution in [-0.2, 0) is 0 Å². The second kappa shape index (κ2) is 6.12. The van der Waals surface area contributed by atoms with Gasteiger partial charge in [0.1, 0.15) is 0 Å². The van der Waals surface area contributed by atoms with E-state index in [0.29, 0.717) is 6.54 Å². The van der Waals surface area contributed by atoms with Gasteiger partial charge in [-0.05, 0) is 19.4 Å². The van der Waals surface area contributed by atoms with Crippen molar-refractivity contribution in [3.63, 3.8) is 0 Å². The third-order valence-electron chi connectivity index (χ3n) is 3.52. The summed E-state index contributed by atoms with van der Waals surface area (Å²) in [4.78, 5) is 14.4. The van der Waals surface area contributed by atoms with E-state index in [4.69, 9.17) is 0 Å². The number of rotatable bonds is 4. The van der Waals surface area contributed by atoms with Crippen molar-refractivity contribution < 1.29 is 9.90 Å². The van der Waals surface area contributed by atoms with Crippen molar-refractivity contribution in [2.45, 2.75) is 25.9 Å². The van der Waals surface area contributed by atoms with Crippen LogP contribution in [0.15, 0.2) is 30.3 Å². The largest absolute Gasteiger partial charge is 0.392 e. The average molecular weight is 247 g/mol. The molecule has 0 amide bonds. The van der Waals surface area contributed by atoms with Crippen LogP contribution in [0.1, 0.15) is 30.1 Å². The van der Waals surface area contributed by atoms with E-state index in [0.717, 1.165) is 31.5 Å². The second-order valence-corrected chi connectivity index (χ2v) is 5.19. The molecular formula is C15H21NO2. The highest BCUT2D eigenvalue weighted by molar-refractivity contribution is 5.97. The first-order valence-electron chi connectivity index (χ1n) is 6.66. The number of carbonyl (C=O) groups excluding carboxylic acids is 1. The molecule has 2 rings (SSSR count). The average Bonchev–Trinajstić information content (AvgIpc) is 2.39. The molecule has 1 aliphatic rings. The Hall–Kier alpha value is -1.19. The molecule has 1 heterocycles. The number of β-amino-alcohol motifs (C(OH)–C–C–N with tert-alkyl or cyclic N) is 1. The molecule has 0 radical (unpaired) electrons. The molecule has 0 bridgehead atoms. The van der Waals surface area contributed by atoms with Gasteiger partial charge in [0.2, 0.25) is 0 Å². The molecule has 3 heteroatoms. The number of aliphatic hydroxyl groups is 1. The van der Waals surface area contributed by atoms with Gasteiger partial charge >= 0.3 is 0 Å². The first kappa shape index (κ1) is 13.2. The molecule has 3 nitrogen and oxygen atoms in total. The molecule has 98 valence electrons. The Morgan fingerprint density at radius 1 is 1.44 bits per heavy atom. The number of carbonyl (C=O) groups is 1. The van der Waals surface area contributed by atoms with Crippen molar-refractivity contribution in [2.24, 2.45) is 5.92 Å². The van der Waals surface area contributed by atoms with Crippen molar-refractivity contribution in [3.05, 3.63) is 35.9 Å². The second-order valence-electron chi connectivity index (χ2n) is 5.19. The van der Waals surface area contributed by atoms with Crippen LogP contribution in [0.5, 0.6) is 0 Å². The lowest BCUT2D eigenvalue weighted by atomic mass is 9.97. The maximum Gasteiger partial charge on any atom is 0.166 e. The Morgan fingerprint density at radius 2 is 2.17 bits per heavy atom. The van der Waals surface area contributed by atoms with Crippen molar-refractivity contribution in [1.29, 1.82) is 0 Å². The number of nitrogens with zero attached hydrogens (tertiary/aromatic N) is 1. The molecule has 1 fully saturated rings. The van der Waals surface area contributed by atoms with Gasteiger partial charge in [0.15, 0.2) is 5.78 Å². The van der Waals surface area contributed by atoms with E-state index < -0.39 is 0 Å². The summed E-state index contributed by atoms with van der Waals surface area (Å²) < 4.78 is 0. The zero-order valence-electron chi connectivity index (χ0n) is 10.9. The van der Waals surface area contributed by atoms with Gasteiger partial charge in [-0.25, -0.2) is 0 Å². The van der Waals surface area contributed by atoms with Crippen LogP contribution < -0.4 is 0 Å². The van der Waals surface area contributed by atoms with Crippen molar-refractivity contribution in [1.82, 2.24) is 4.90 Å². The van der Waals surface area contributed by atoms with Gasteiger partial charge in [0, 0.05) is 24.6 Å². The van der Waals surface area contributed by atoms with Gasteiger partial charge in [0.25, 0.3) is 0 Å². The number of aliphatic hydroxyl groups excluding tert-OH is 1. The van der Waals surface area contributed by atoms with Gasteiger partial charge in [-0.2, -0.15) is 0 Å². The maximum atomic E-state index is 12.2. The molecule has 2 unspecified atom stereocenters. The summed E-state index contributed by atoms with van der Waals surface area (Å²) in [5.41, 5.74) is 0.780.